The topological polar surface area (TPSA) is 32.3 Å². The standard InChI is InChI=1S/C11H13BrClNO/c12-9-2-1-8(5-10(9)13)6-14-11(7-15)3-4-11/h1-2,5,14-15H,3-4,6-7H2. The SMILES string of the molecule is OCC1(NCc2ccc(Br)c(Cl)c2)CC1. The van der Waals surface area contributed by atoms with Crippen molar-refractivity contribution in [2.45, 2.75) is 24.9 Å². The Morgan fingerprint density at radius 2 is 2.20 bits per heavy atom. The lowest BCUT2D eigenvalue weighted by molar-refractivity contribution is 0.229. The normalized spacial score (nSPS) is 17.8. The van der Waals surface area contributed by atoms with Crippen molar-refractivity contribution < 1.29 is 5.11 Å². The average Bonchev–Trinajstić information content (AvgIpc) is 3.01. The second kappa shape index (κ2) is 4.42. The molecule has 2 rings (SSSR count). The fourth-order valence-corrected chi connectivity index (χ4v) is 1.93. The molecular weight excluding hydrogens is 277 g/mol. The van der Waals surface area contributed by atoms with Gasteiger partial charge in [-0.3, -0.25) is 0 Å². The van der Waals surface area contributed by atoms with Crippen molar-refractivity contribution in [1.29, 1.82) is 0 Å². The molecule has 0 unspecified atom stereocenters. The molecule has 1 saturated carbocycles. The van der Waals surface area contributed by atoms with Gasteiger partial charge in [-0.2, -0.15) is 0 Å². The minimum absolute atomic E-state index is 0.0143. The van der Waals surface area contributed by atoms with Crippen LogP contribution in [0.2, 0.25) is 5.02 Å². The minimum Gasteiger partial charge on any atom is -0.394 e. The molecule has 1 aromatic rings. The first-order chi connectivity index (χ1) is 7.15. The van der Waals surface area contributed by atoms with Crippen LogP contribution in [0.3, 0.4) is 0 Å². The van der Waals surface area contributed by atoms with E-state index in [-0.39, 0.29) is 12.1 Å². The fourth-order valence-electron chi connectivity index (χ4n) is 1.48. The molecule has 1 aromatic carbocycles. The molecule has 2 N–H and O–H groups in total. The molecule has 0 aliphatic heterocycles. The van der Waals surface area contributed by atoms with E-state index in [1.54, 1.807) is 0 Å². The minimum atomic E-state index is -0.0143. The number of rotatable bonds is 4. The highest BCUT2D eigenvalue weighted by Crippen LogP contribution is 2.35. The summed E-state index contributed by atoms with van der Waals surface area (Å²) >= 11 is 9.34. The molecule has 1 fully saturated rings. The Morgan fingerprint density at radius 1 is 1.47 bits per heavy atom. The van der Waals surface area contributed by atoms with E-state index in [0.29, 0.717) is 0 Å². The van der Waals surface area contributed by atoms with Crippen LogP contribution in [0.5, 0.6) is 0 Å². The van der Waals surface area contributed by atoms with Gasteiger partial charge in [0.2, 0.25) is 0 Å². The van der Waals surface area contributed by atoms with Crippen LogP contribution in [0.25, 0.3) is 0 Å². The maximum Gasteiger partial charge on any atom is 0.0613 e. The van der Waals surface area contributed by atoms with Gasteiger partial charge in [0.25, 0.3) is 0 Å². The van der Waals surface area contributed by atoms with E-state index in [9.17, 15) is 0 Å². The molecule has 1 aliphatic rings. The molecule has 0 heterocycles. The summed E-state index contributed by atoms with van der Waals surface area (Å²) in [6, 6.07) is 5.90. The molecule has 0 saturated heterocycles. The first kappa shape index (κ1) is 11.4. The molecular formula is C11H13BrClNO. The molecule has 1 aliphatic carbocycles. The van der Waals surface area contributed by atoms with Crippen LogP contribution in [0, 0.1) is 0 Å². The lowest BCUT2D eigenvalue weighted by Crippen LogP contribution is -2.34. The smallest absolute Gasteiger partial charge is 0.0613 e. The summed E-state index contributed by atoms with van der Waals surface area (Å²) in [6.07, 6.45) is 2.13. The largest absolute Gasteiger partial charge is 0.394 e. The fraction of sp³-hybridized carbons (Fsp3) is 0.455. The van der Waals surface area contributed by atoms with E-state index in [4.69, 9.17) is 16.7 Å². The summed E-state index contributed by atoms with van der Waals surface area (Å²) in [5, 5.41) is 13.2. The predicted molar refractivity (Wildman–Crippen MR) is 65.0 cm³/mol. The third kappa shape index (κ3) is 2.72. The molecule has 0 bridgehead atoms. The van der Waals surface area contributed by atoms with Crippen LogP contribution < -0.4 is 5.32 Å². The summed E-state index contributed by atoms with van der Waals surface area (Å²) in [5.74, 6) is 0. The molecule has 0 spiro atoms. The van der Waals surface area contributed by atoms with Crippen molar-refractivity contribution >= 4 is 27.5 Å². The Kier molecular flexibility index (Phi) is 3.36. The number of aliphatic hydroxyl groups excluding tert-OH is 1. The third-order valence-corrected chi connectivity index (χ3v) is 4.04. The van der Waals surface area contributed by atoms with Gasteiger partial charge in [-0.25, -0.2) is 0 Å². The van der Waals surface area contributed by atoms with E-state index in [1.165, 1.54) is 0 Å². The summed E-state index contributed by atoms with van der Waals surface area (Å²) in [5.41, 5.74) is 1.13. The first-order valence-corrected chi connectivity index (χ1v) is 6.12. The average molecular weight is 291 g/mol. The number of nitrogens with one attached hydrogen (secondary N) is 1. The highest BCUT2D eigenvalue weighted by atomic mass is 79.9. The number of hydrogen-bond acceptors (Lipinski definition) is 2. The molecule has 0 aromatic heterocycles. The second-order valence-electron chi connectivity index (χ2n) is 4.04. The highest BCUT2D eigenvalue weighted by Gasteiger charge is 2.41. The van der Waals surface area contributed by atoms with Gasteiger partial charge < -0.3 is 10.4 Å². The van der Waals surface area contributed by atoms with E-state index in [0.717, 1.165) is 34.4 Å². The van der Waals surface area contributed by atoms with E-state index in [2.05, 4.69) is 21.2 Å². The van der Waals surface area contributed by atoms with Gasteiger partial charge >= 0.3 is 0 Å². The van der Waals surface area contributed by atoms with Gasteiger partial charge in [0.15, 0.2) is 0 Å². The molecule has 0 radical (unpaired) electrons. The number of halogens is 2. The monoisotopic (exact) mass is 289 g/mol. The van der Waals surface area contributed by atoms with Crippen molar-refractivity contribution in [3.63, 3.8) is 0 Å². The van der Waals surface area contributed by atoms with Crippen molar-refractivity contribution in [3.8, 4) is 0 Å². The number of aliphatic hydroxyl groups is 1. The van der Waals surface area contributed by atoms with Crippen LogP contribution in [0.1, 0.15) is 18.4 Å². The Balaban J connectivity index is 1.96. The van der Waals surface area contributed by atoms with Crippen LogP contribution in [-0.2, 0) is 6.54 Å². The highest BCUT2D eigenvalue weighted by molar-refractivity contribution is 9.10. The van der Waals surface area contributed by atoms with Gasteiger partial charge in [0.1, 0.15) is 0 Å². The van der Waals surface area contributed by atoms with E-state index >= 15 is 0 Å². The van der Waals surface area contributed by atoms with Crippen LogP contribution in [0.15, 0.2) is 22.7 Å². The van der Waals surface area contributed by atoms with Crippen molar-refractivity contribution in [2.75, 3.05) is 6.61 Å². The summed E-state index contributed by atoms with van der Waals surface area (Å²) in [7, 11) is 0. The quantitative estimate of drug-likeness (QED) is 0.894. The van der Waals surface area contributed by atoms with Crippen LogP contribution in [0.4, 0.5) is 0 Å². The molecule has 0 atom stereocenters. The number of hydrogen-bond donors (Lipinski definition) is 2. The van der Waals surface area contributed by atoms with Crippen molar-refractivity contribution in [1.82, 2.24) is 5.32 Å². The second-order valence-corrected chi connectivity index (χ2v) is 5.30. The molecule has 2 nitrogen and oxygen atoms in total. The molecule has 0 amide bonds. The van der Waals surface area contributed by atoms with Gasteiger partial charge in [-0.1, -0.05) is 17.7 Å². The maximum absolute atomic E-state index is 9.14. The molecule has 4 heteroatoms. The van der Waals surface area contributed by atoms with Crippen LogP contribution in [-0.4, -0.2) is 17.3 Å². The zero-order valence-corrected chi connectivity index (χ0v) is 10.6. The maximum atomic E-state index is 9.14. The summed E-state index contributed by atoms with van der Waals surface area (Å²) < 4.78 is 0.913. The van der Waals surface area contributed by atoms with Gasteiger partial charge in [0.05, 0.1) is 11.6 Å². The molecule has 15 heavy (non-hydrogen) atoms. The van der Waals surface area contributed by atoms with Gasteiger partial charge in [-0.15, -0.1) is 0 Å². The predicted octanol–water partition coefficient (Wildman–Crippen LogP) is 2.72. The van der Waals surface area contributed by atoms with Gasteiger partial charge in [-0.05, 0) is 46.5 Å². The number of benzene rings is 1. The Morgan fingerprint density at radius 3 is 2.73 bits per heavy atom. The van der Waals surface area contributed by atoms with E-state index < -0.39 is 0 Å². The third-order valence-electron chi connectivity index (χ3n) is 2.81. The zero-order chi connectivity index (χ0) is 10.9. The van der Waals surface area contributed by atoms with Crippen molar-refractivity contribution in [3.05, 3.63) is 33.3 Å². The lowest BCUT2D eigenvalue weighted by atomic mass is 10.2. The zero-order valence-electron chi connectivity index (χ0n) is 8.26. The van der Waals surface area contributed by atoms with Crippen molar-refractivity contribution in [2.24, 2.45) is 0 Å². The Hall–Kier alpha value is -0.0900. The summed E-state index contributed by atoms with van der Waals surface area (Å²) in [6.45, 7) is 0.977. The lowest BCUT2D eigenvalue weighted by Gasteiger charge is -2.14. The summed E-state index contributed by atoms with van der Waals surface area (Å²) in [4.78, 5) is 0. The van der Waals surface area contributed by atoms with Gasteiger partial charge in [0, 0.05) is 16.6 Å². The Labute approximate surface area is 103 Å². The van der Waals surface area contributed by atoms with E-state index in [1.807, 2.05) is 18.2 Å². The van der Waals surface area contributed by atoms with Crippen LogP contribution >= 0.6 is 27.5 Å². The Bertz CT molecular complexity index is 366. The molecule has 82 valence electrons. The first-order valence-electron chi connectivity index (χ1n) is 4.95.